The molecule has 0 aliphatic heterocycles. The topological polar surface area (TPSA) is 71.5 Å². The van der Waals surface area contributed by atoms with Crippen molar-refractivity contribution >= 4 is 11.6 Å². The second-order valence-electron chi connectivity index (χ2n) is 5.23. The number of nitrogens with one attached hydrogen (secondary N) is 1. The average Bonchev–Trinajstić information content (AvgIpc) is 2.49. The SMILES string of the molecule is COc1cc(C)c(NC(=O)C(O)c2cccc(C)n2)cc1C. The van der Waals surface area contributed by atoms with Gasteiger partial charge in [0.1, 0.15) is 5.75 Å². The van der Waals surface area contributed by atoms with Crippen LogP contribution in [0.5, 0.6) is 5.75 Å². The lowest BCUT2D eigenvalue weighted by Gasteiger charge is -2.15. The highest BCUT2D eigenvalue weighted by Crippen LogP contribution is 2.26. The second-order valence-corrected chi connectivity index (χ2v) is 5.23. The zero-order chi connectivity index (χ0) is 16.3. The molecule has 1 atom stereocenters. The molecule has 1 aromatic heterocycles. The lowest BCUT2D eigenvalue weighted by Crippen LogP contribution is -2.22. The van der Waals surface area contributed by atoms with E-state index in [1.807, 2.05) is 39.0 Å². The van der Waals surface area contributed by atoms with E-state index in [9.17, 15) is 9.90 Å². The number of aryl methyl sites for hydroxylation is 3. The van der Waals surface area contributed by atoms with Gasteiger partial charge in [-0.1, -0.05) is 6.07 Å². The molecule has 0 fully saturated rings. The standard InChI is InChI=1S/C17H20N2O3/c1-10-9-15(22-4)11(2)8-14(10)19-17(21)16(20)13-7-5-6-12(3)18-13/h5-9,16,20H,1-4H3,(H,19,21). The van der Waals surface area contributed by atoms with Gasteiger partial charge in [0.05, 0.1) is 12.8 Å². The molecule has 0 aliphatic rings. The maximum Gasteiger partial charge on any atom is 0.259 e. The Balaban J connectivity index is 2.20. The molecule has 0 bridgehead atoms. The third-order valence-corrected chi connectivity index (χ3v) is 3.44. The number of rotatable bonds is 4. The number of anilines is 1. The number of pyridine rings is 1. The number of aromatic nitrogens is 1. The normalized spacial score (nSPS) is 11.9. The molecule has 1 unspecified atom stereocenters. The smallest absolute Gasteiger partial charge is 0.259 e. The largest absolute Gasteiger partial charge is 0.496 e. The third-order valence-electron chi connectivity index (χ3n) is 3.44. The predicted molar refractivity (Wildman–Crippen MR) is 85.0 cm³/mol. The molecule has 22 heavy (non-hydrogen) atoms. The summed E-state index contributed by atoms with van der Waals surface area (Å²) in [6, 6.07) is 8.87. The van der Waals surface area contributed by atoms with Gasteiger partial charge in [0.15, 0.2) is 6.10 Å². The number of ether oxygens (including phenoxy) is 1. The lowest BCUT2D eigenvalue weighted by atomic mass is 10.1. The third kappa shape index (κ3) is 3.43. The van der Waals surface area contributed by atoms with Crippen LogP contribution in [0.4, 0.5) is 5.69 Å². The van der Waals surface area contributed by atoms with Crippen molar-refractivity contribution in [3.63, 3.8) is 0 Å². The van der Waals surface area contributed by atoms with Crippen molar-refractivity contribution < 1.29 is 14.6 Å². The van der Waals surface area contributed by atoms with E-state index in [2.05, 4.69) is 10.3 Å². The van der Waals surface area contributed by atoms with Gasteiger partial charge < -0.3 is 15.2 Å². The molecule has 0 saturated heterocycles. The van der Waals surface area contributed by atoms with E-state index >= 15 is 0 Å². The van der Waals surface area contributed by atoms with E-state index < -0.39 is 12.0 Å². The molecule has 0 radical (unpaired) electrons. The van der Waals surface area contributed by atoms with Gasteiger partial charge in [-0.15, -0.1) is 0 Å². The molecule has 0 aliphatic carbocycles. The molecular formula is C17H20N2O3. The Hall–Kier alpha value is -2.40. The number of methoxy groups -OCH3 is 1. The van der Waals surface area contributed by atoms with Gasteiger partial charge in [-0.2, -0.15) is 0 Å². The van der Waals surface area contributed by atoms with E-state index in [0.717, 1.165) is 22.6 Å². The summed E-state index contributed by atoms with van der Waals surface area (Å²) in [5.74, 6) is 0.252. The Labute approximate surface area is 130 Å². The summed E-state index contributed by atoms with van der Waals surface area (Å²) in [5, 5.41) is 12.9. The highest BCUT2D eigenvalue weighted by Gasteiger charge is 2.20. The monoisotopic (exact) mass is 300 g/mol. The zero-order valence-corrected chi connectivity index (χ0v) is 13.2. The molecular weight excluding hydrogens is 280 g/mol. The summed E-state index contributed by atoms with van der Waals surface area (Å²) in [7, 11) is 1.60. The first-order chi connectivity index (χ1) is 10.4. The van der Waals surface area contributed by atoms with Crippen LogP contribution in [0, 0.1) is 20.8 Å². The van der Waals surface area contributed by atoms with E-state index in [-0.39, 0.29) is 0 Å². The lowest BCUT2D eigenvalue weighted by molar-refractivity contribution is -0.124. The van der Waals surface area contributed by atoms with Crippen molar-refractivity contribution in [1.82, 2.24) is 4.98 Å². The van der Waals surface area contributed by atoms with Gasteiger partial charge in [-0.25, -0.2) is 0 Å². The van der Waals surface area contributed by atoms with Gasteiger partial charge in [-0.05, 0) is 56.2 Å². The van der Waals surface area contributed by atoms with Crippen LogP contribution >= 0.6 is 0 Å². The Morgan fingerprint density at radius 3 is 2.59 bits per heavy atom. The predicted octanol–water partition coefficient (Wildman–Crippen LogP) is 2.69. The molecule has 5 nitrogen and oxygen atoms in total. The maximum atomic E-state index is 12.2. The fourth-order valence-electron chi connectivity index (χ4n) is 2.20. The van der Waals surface area contributed by atoms with Crippen LogP contribution in [0.15, 0.2) is 30.3 Å². The number of hydrogen-bond donors (Lipinski definition) is 2. The Morgan fingerprint density at radius 1 is 1.23 bits per heavy atom. The summed E-state index contributed by atoms with van der Waals surface area (Å²) in [6.07, 6.45) is -1.30. The van der Waals surface area contributed by atoms with E-state index in [4.69, 9.17) is 4.74 Å². The number of carbonyl (C=O) groups is 1. The summed E-state index contributed by atoms with van der Waals surface area (Å²) >= 11 is 0. The van der Waals surface area contributed by atoms with E-state index in [0.29, 0.717) is 11.4 Å². The Morgan fingerprint density at radius 2 is 1.95 bits per heavy atom. The molecule has 2 aromatic rings. The van der Waals surface area contributed by atoms with Crippen LogP contribution in [-0.4, -0.2) is 23.1 Å². The highest BCUT2D eigenvalue weighted by atomic mass is 16.5. The first-order valence-electron chi connectivity index (χ1n) is 7.00. The van der Waals surface area contributed by atoms with Crippen LogP contribution in [0.3, 0.4) is 0 Å². The minimum Gasteiger partial charge on any atom is -0.496 e. The number of nitrogens with zero attached hydrogens (tertiary/aromatic N) is 1. The van der Waals surface area contributed by atoms with Crippen LogP contribution < -0.4 is 10.1 Å². The van der Waals surface area contributed by atoms with Crippen LogP contribution in [0.25, 0.3) is 0 Å². The molecule has 2 N–H and O–H groups in total. The number of hydrogen-bond acceptors (Lipinski definition) is 4. The zero-order valence-electron chi connectivity index (χ0n) is 13.2. The van der Waals surface area contributed by atoms with Crippen molar-refractivity contribution in [3.8, 4) is 5.75 Å². The molecule has 1 amide bonds. The van der Waals surface area contributed by atoms with E-state index in [1.165, 1.54) is 0 Å². The van der Waals surface area contributed by atoms with Crippen molar-refractivity contribution in [1.29, 1.82) is 0 Å². The molecule has 0 saturated carbocycles. The number of amides is 1. The molecule has 1 heterocycles. The quantitative estimate of drug-likeness (QED) is 0.910. The molecule has 2 rings (SSSR count). The van der Waals surface area contributed by atoms with E-state index in [1.54, 1.807) is 19.2 Å². The fourth-order valence-corrected chi connectivity index (χ4v) is 2.20. The van der Waals surface area contributed by atoms with Gasteiger partial charge >= 0.3 is 0 Å². The van der Waals surface area contributed by atoms with Gasteiger partial charge in [0.2, 0.25) is 0 Å². The molecule has 5 heteroatoms. The Bertz CT molecular complexity index is 698. The van der Waals surface area contributed by atoms with Crippen molar-refractivity contribution in [2.24, 2.45) is 0 Å². The fraction of sp³-hybridized carbons (Fsp3) is 0.294. The molecule has 1 aromatic carbocycles. The average molecular weight is 300 g/mol. The molecule has 116 valence electrons. The minimum atomic E-state index is -1.30. The van der Waals surface area contributed by atoms with Crippen LogP contribution in [-0.2, 0) is 4.79 Å². The number of benzene rings is 1. The maximum absolute atomic E-state index is 12.2. The number of carbonyl (C=O) groups excluding carboxylic acids is 1. The summed E-state index contributed by atoms with van der Waals surface area (Å²) < 4.78 is 5.24. The molecule has 0 spiro atoms. The van der Waals surface area contributed by atoms with Gasteiger partial charge in [0, 0.05) is 11.4 Å². The number of aliphatic hydroxyl groups is 1. The first kappa shape index (κ1) is 16.0. The summed E-state index contributed by atoms with van der Waals surface area (Å²) in [4.78, 5) is 16.4. The summed E-state index contributed by atoms with van der Waals surface area (Å²) in [5.41, 5.74) is 3.50. The van der Waals surface area contributed by atoms with Gasteiger partial charge in [-0.3, -0.25) is 9.78 Å². The number of aliphatic hydroxyl groups excluding tert-OH is 1. The second kappa shape index (κ2) is 6.58. The Kier molecular flexibility index (Phi) is 4.78. The van der Waals surface area contributed by atoms with Crippen LogP contribution in [0.1, 0.15) is 28.6 Å². The minimum absolute atomic E-state index is 0.334. The van der Waals surface area contributed by atoms with Crippen molar-refractivity contribution in [2.45, 2.75) is 26.9 Å². The summed E-state index contributed by atoms with van der Waals surface area (Å²) in [6.45, 7) is 5.58. The first-order valence-corrected chi connectivity index (χ1v) is 7.00. The van der Waals surface area contributed by atoms with Gasteiger partial charge in [0.25, 0.3) is 5.91 Å². The van der Waals surface area contributed by atoms with Crippen molar-refractivity contribution in [2.75, 3.05) is 12.4 Å². The highest BCUT2D eigenvalue weighted by molar-refractivity contribution is 5.95. The van der Waals surface area contributed by atoms with Crippen molar-refractivity contribution in [3.05, 3.63) is 52.8 Å². The van der Waals surface area contributed by atoms with Crippen LogP contribution in [0.2, 0.25) is 0 Å².